The van der Waals surface area contributed by atoms with E-state index in [1.807, 2.05) is 19.0 Å². The van der Waals surface area contributed by atoms with Crippen molar-refractivity contribution in [2.45, 2.75) is 6.54 Å². The minimum absolute atomic E-state index is 0.0766. The van der Waals surface area contributed by atoms with Gasteiger partial charge in [-0.1, -0.05) is 5.16 Å². The fourth-order valence-electron chi connectivity index (χ4n) is 1.93. The Morgan fingerprint density at radius 3 is 2.95 bits per heavy atom. The standard InChI is InChI=1S/C12H13N7O2/c1-18(2)11-10-12(14-6-13-11)19(7-15-10)5-9(20)16-8-3-4-21-17-8/h3-4,6-7H,5H2,1-2H3,(H,16,17,20). The van der Waals surface area contributed by atoms with Crippen molar-refractivity contribution in [3.63, 3.8) is 0 Å². The van der Waals surface area contributed by atoms with Crippen molar-refractivity contribution in [2.24, 2.45) is 0 Å². The van der Waals surface area contributed by atoms with E-state index in [0.717, 1.165) is 0 Å². The second kappa shape index (κ2) is 5.19. The highest BCUT2D eigenvalue weighted by Crippen LogP contribution is 2.19. The first-order valence-corrected chi connectivity index (χ1v) is 6.18. The molecule has 108 valence electrons. The molecule has 9 nitrogen and oxygen atoms in total. The van der Waals surface area contributed by atoms with Gasteiger partial charge in [0.15, 0.2) is 22.8 Å². The Labute approximate surface area is 119 Å². The number of carbonyl (C=O) groups is 1. The Hall–Kier alpha value is -2.97. The van der Waals surface area contributed by atoms with Gasteiger partial charge in [-0.2, -0.15) is 0 Å². The molecule has 3 aromatic heterocycles. The lowest BCUT2D eigenvalue weighted by Gasteiger charge is -2.10. The molecule has 1 amide bonds. The highest BCUT2D eigenvalue weighted by molar-refractivity contribution is 5.91. The molecule has 0 atom stereocenters. The van der Waals surface area contributed by atoms with Gasteiger partial charge in [0.1, 0.15) is 19.1 Å². The zero-order valence-corrected chi connectivity index (χ0v) is 11.5. The average Bonchev–Trinajstić information content (AvgIpc) is 3.08. The van der Waals surface area contributed by atoms with Crippen LogP contribution in [0.25, 0.3) is 11.2 Å². The Kier molecular flexibility index (Phi) is 3.22. The van der Waals surface area contributed by atoms with Crippen LogP contribution in [0.4, 0.5) is 11.6 Å². The third-order valence-corrected chi connectivity index (χ3v) is 2.82. The zero-order chi connectivity index (χ0) is 14.8. The van der Waals surface area contributed by atoms with Crippen molar-refractivity contribution in [2.75, 3.05) is 24.3 Å². The van der Waals surface area contributed by atoms with E-state index in [-0.39, 0.29) is 12.5 Å². The van der Waals surface area contributed by atoms with E-state index >= 15 is 0 Å². The Morgan fingerprint density at radius 2 is 2.24 bits per heavy atom. The lowest BCUT2D eigenvalue weighted by Crippen LogP contribution is -2.18. The van der Waals surface area contributed by atoms with E-state index < -0.39 is 0 Å². The number of amides is 1. The third kappa shape index (κ3) is 2.53. The molecule has 0 fully saturated rings. The van der Waals surface area contributed by atoms with Gasteiger partial charge in [-0.15, -0.1) is 0 Å². The van der Waals surface area contributed by atoms with Crippen molar-refractivity contribution < 1.29 is 9.32 Å². The van der Waals surface area contributed by atoms with Crippen molar-refractivity contribution in [1.29, 1.82) is 0 Å². The Bertz CT molecular complexity index is 763. The first-order valence-electron chi connectivity index (χ1n) is 6.18. The molecule has 1 N–H and O–H groups in total. The number of hydrogen-bond acceptors (Lipinski definition) is 7. The van der Waals surface area contributed by atoms with Crippen molar-refractivity contribution in [3.8, 4) is 0 Å². The third-order valence-electron chi connectivity index (χ3n) is 2.82. The molecule has 21 heavy (non-hydrogen) atoms. The van der Waals surface area contributed by atoms with Gasteiger partial charge in [-0.3, -0.25) is 4.79 Å². The molecule has 9 heteroatoms. The number of carbonyl (C=O) groups excluding carboxylic acids is 1. The van der Waals surface area contributed by atoms with Crippen molar-refractivity contribution in [1.82, 2.24) is 24.7 Å². The highest BCUT2D eigenvalue weighted by Gasteiger charge is 2.13. The summed E-state index contributed by atoms with van der Waals surface area (Å²) in [4.78, 5) is 26.4. The van der Waals surface area contributed by atoms with Gasteiger partial charge in [-0.25, -0.2) is 15.0 Å². The molecule has 0 aromatic carbocycles. The molecular weight excluding hydrogens is 274 g/mol. The SMILES string of the molecule is CN(C)c1ncnc2c1ncn2CC(=O)Nc1ccon1. The summed E-state index contributed by atoms with van der Waals surface area (Å²) in [5.74, 6) is 0.830. The molecule has 0 saturated carbocycles. The molecule has 3 aromatic rings. The molecule has 0 bridgehead atoms. The van der Waals surface area contributed by atoms with E-state index in [4.69, 9.17) is 0 Å². The lowest BCUT2D eigenvalue weighted by atomic mass is 10.4. The van der Waals surface area contributed by atoms with Crippen LogP contribution < -0.4 is 10.2 Å². The maximum atomic E-state index is 11.9. The average molecular weight is 287 g/mol. The smallest absolute Gasteiger partial charge is 0.245 e. The van der Waals surface area contributed by atoms with Crippen LogP contribution in [0.15, 0.2) is 29.5 Å². The summed E-state index contributed by atoms with van der Waals surface area (Å²) in [7, 11) is 3.75. The Balaban J connectivity index is 1.84. The summed E-state index contributed by atoms with van der Waals surface area (Å²) in [6, 6.07) is 1.57. The number of nitrogens with zero attached hydrogens (tertiary/aromatic N) is 6. The van der Waals surface area contributed by atoms with Gasteiger partial charge in [-0.05, 0) is 0 Å². The summed E-state index contributed by atoms with van der Waals surface area (Å²) < 4.78 is 6.31. The largest absolute Gasteiger partial charge is 0.363 e. The number of imidazole rings is 1. The number of rotatable bonds is 4. The van der Waals surface area contributed by atoms with Gasteiger partial charge < -0.3 is 19.3 Å². The summed E-state index contributed by atoms with van der Waals surface area (Å²) in [5.41, 5.74) is 1.25. The molecule has 0 aliphatic carbocycles. The van der Waals surface area contributed by atoms with Crippen LogP contribution in [-0.2, 0) is 11.3 Å². The number of aromatic nitrogens is 5. The summed E-state index contributed by atoms with van der Waals surface area (Å²) in [6.45, 7) is 0.0766. The van der Waals surface area contributed by atoms with E-state index in [1.54, 1.807) is 17.0 Å². The van der Waals surface area contributed by atoms with Crippen molar-refractivity contribution in [3.05, 3.63) is 25.0 Å². The second-order valence-corrected chi connectivity index (χ2v) is 4.57. The number of hydrogen-bond donors (Lipinski definition) is 1. The molecule has 3 heterocycles. The van der Waals surface area contributed by atoms with Gasteiger partial charge in [0.2, 0.25) is 5.91 Å². The van der Waals surface area contributed by atoms with E-state index in [2.05, 4.69) is 29.9 Å². The maximum absolute atomic E-state index is 11.9. The van der Waals surface area contributed by atoms with Crippen LogP contribution in [0.1, 0.15) is 0 Å². The monoisotopic (exact) mass is 287 g/mol. The van der Waals surface area contributed by atoms with Crippen LogP contribution in [0, 0.1) is 0 Å². The van der Waals surface area contributed by atoms with E-state index in [1.165, 1.54) is 12.6 Å². The van der Waals surface area contributed by atoms with Crippen LogP contribution in [0.2, 0.25) is 0 Å². The van der Waals surface area contributed by atoms with Crippen LogP contribution >= 0.6 is 0 Å². The number of anilines is 2. The van der Waals surface area contributed by atoms with E-state index in [9.17, 15) is 4.79 Å². The summed E-state index contributed by atoms with van der Waals surface area (Å²) >= 11 is 0. The molecular formula is C12H13N7O2. The summed E-state index contributed by atoms with van der Waals surface area (Å²) in [5, 5.41) is 6.24. The molecule has 0 radical (unpaired) electrons. The normalized spacial score (nSPS) is 10.8. The Morgan fingerprint density at radius 1 is 1.38 bits per heavy atom. The van der Waals surface area contributed by atoms with E-state index in [0.29, 0.717) is 22.8 Å². The quantitative estimate of drug-likeness (QED) is 0.746. The van der Waals surface area contributed by atoms with Crippen LogP contribution in [-0.4, -0.2) is 44.7 Å². The topological polar surface area (TPSA) is 102 Å². The number of nitrogens with one attached hydrogen (secondary N) is 1. The fraction of sp³-hybridized carbons (Fsp3) is 0.250. The van der Waals surface area contributed by atoms with Crippen LogP contribution in [0.3, 0.4) is 0 Å². The molecule has 0 spiro atoms. The lowest BCUT2D eigenvalue weighted by molar-refractivity contribution is -0.116. The second-order valence-electron chi connectivity index (χ2n) is 4.57. The van der Waals surface area contributed by atoms with Gasteiger partial charge in [0.05, 0.1) is 6.33 Å². The first kappa shape index (κ1) is 13.0. The number of fused-ring (bicyclic) bond motifs is 1. The fourth-order valence-corrected chi connectivity index (χ4v) is 1.93. The summed E-state index contributed by atoms with van der Waals surface area (Å²) in [6.07, 6.45) is 4.40. The zero-order valence-electron chi connectivity index (χ0n) is 11.5. The highest BCUT2D eigenvalue weighted by atomic mass is 16.5. The van der Waals surface area contributed by atoms with Gasteiger partial charge in [0.25, 0.3) is 0 Å². The minimum atomic E-state index is -0.242. The predicted molar refractivity (Wildman–Crippen MR) is 74.8 cm³/mol. The predicted octanol–water partition coefficient (Wildman–Crippen LogP) is 0.519. The molecule has 0 aliphatic rings. The van der Waals surface area contributed by atoms with Crippen LogP contribution in [0.5, 0.6) is 0 Å². The molecule has 0 unspecified atom stereocenters. The first-order chi connectivity index (χ1) is 10.1. The minimum Gasteiger partial charge on any atom is -0.363 e. The van der Waals surface area contributed by atoms with Gasteiger partial charge in [0, 0.05) is 20.2 Å². The maximum Gasteiger partial charge on any atom is 0.245 e. The van der Waals surface area contributed by atoms with Gasteiger partial charge >= 0.3 is 0 Å². The van der Waals surface area contributed by atoms with Crippen molar-refractivity contribution >= 4 is 28.7 Å². The molecule has 0 saturated heterocycles. The molecule has 0 aliphatic heterocycles. The molecule has 3 rings (SSSR count).